The van der Waals surface area contributed by atoms with Gasteiger partial charge in [0.15, 0.2) is 5.76 Å². The first-order valence-corrected chi connectivity index (χ1v) is 9.56. The minimum Gasteiger partial charge on any atom is -0.463 e. The van der Waals surface area contributed by atoms with Crippen LogP contribution in [0.5, 0.6) is 0 Å². The molecule has 134 valence electrons. The molecule has 28 heavy (non-hydrogen) atoms. The molecule has 5 rings (SSSR count). The van der Waals surface area contributed by atoms with Gasteiger partial charge in [0.05, 0.1) is 29.9 Å². The Bertz CT molecular complexity index is 1260. The summed E-state index contributed by atoms with van der Waals surface area (Å²) < 4.78 is 8.64. The molecule has 0 amide bonds. The third-order valence-electron chi connectivity index (χ3n) is 4.81. The van der Waals surface area contributed by atoms with Gasteiger partial charge in [-0.25, -0.2) is 4.98 Å². The number of rotatable bonds is 2. The van der Waals surface area contributed by atoms with E-state index in [2.05, 4.69) is 37.5 Å². The van der Waals surface area contributed by atoms with Crippen molar-refractivity contribution in [3.8, 4) is 29.5 Å². The van der Waals surface area contributed by atoms with Gasteiger partial charge in [-0.15, -0.1) is 6.42 Å². The van der Waals surface area contributed by atoms with Crippen molar-refractivity contribution in [2.45, 2.75) is 6.54 Å². The Morgan fingerprint density at radius 3 is 2.75 bits per heavy atom. The van der Waals surface area contributed by atoms with E-state index in [1.807, 2.05) is 54.9 Å². The van der Waals surface area contributed by atoms with Gasteiger partial charge in [0, 0.05) is 21.2 Å². The van der Waals surface area contributed by atoms with Crippen molar-refractivity contribution in [2.75, 3.05) is 0 Å². The van der Waals surface area contributed by atoms with Gasteiger partial charge in [0.1, 0.15) is 12.0 Å². The van der Waals surface area contributed by atoms with Gasteiger partial charge in [-0.2, -0.15) is 0 Å². The quantitative estimate of drug-likeness (QED) is 0.411. The Morgan fingerprint density at radius 2 is 1.96 bits per heavy atom. The Morgan fingerprint density at radius 1 is 1.07 bits per heavy atom. The van der Waals surface area contributed by atoms with Crippen LogP contribution >= 0.6 is 15.9 Å². The zero-order chi connectivity index (χ0) is 19.1. The number of furan rings is 1. The van der Waals surface area contributed by atoms with Crippen molar-refractivity contribution in [1.29, 1.82) is 0 Å². The molecule has 2 aromatic heterocycles. The lowest BCUT2D eigenvalue weighted by Gasteiger charge is -2.13. The summed E-state index contributed by atoms with van der Waals surface area (Å²) in [6.07, 6.45) is 9.14. The topological polar surface area (TPSA) is 43.3 Å². The average Bonchev–Trinajstić information content (AvgIpc) is 3.36. The molecule has 1 aliphatic heterocycles. The SMILES string of the molecule is C#Cc1ccc2c(c1)C(c1ccccc1Br)=NCc1c(-c3ccco3)ncn1-2. The van der Waals surface area contributed by atoms with Gasteiger partial charge in [0.2, 0.25) is 0 Å². The number of fused-ring (bicyclic) bond motifs is 3. The van der Waals surface area contributed by atoms with E-state index in [0.717, 1.165) is 49.7 Å². The molecule has 0 fully saturated rings. The fraction of sp³-hybridized carbons (Fsp3) is 0.0435. The summed E-state index contributed by atoms with van der Waals surface area (Å²) >= 11 is 3.66. The van der Waals surface area contributed by atoms with Gasteiger partial charge >= 0.3 is 0 Å². The molecule has 4 aromatic rings. The first-order valence-electron chi connectivity index (χ1n) is 8.77. The highest BCUT2D eigenvalue weighted by molar-refractivity contribution is 9.10. The zero-order valence-corrected chi connectivity index (χ0v) is 16.3. The number of nitrogens with zero attached hydrogens (tertiary/aromatic N) is 3. The van der Waals surface area contributed by atoms with Crippen LogP contribution in [0.3, 0.4) is 0 Å². The molecule has 0 N–H and O–H groups in total. The normalized spacial score (nSPS) is 12.5. The van der Waals surface area contributed by atoms with Crippen LogP contribution in [0.25, 0.3) is 17.1 Å². The Hall–Kier alpha value is -3.36. The fourth-order valence-corrected chi connectivity index (χ4v) is 3.97. The monoisotopic (exact) mass is 427 g/mol. The summed E-state index contributed by atoms with van der Waals surface area (Å²) in [5, 5.41) is 0. The third kappa shape index (κ3) is 2.62. The first-order chi connectivity index (χ1) is 13.8. The first kappa shape index (κ1) is 16.8. The predicted octanol–water partition coefficient (Wildman–Crippen LogP) is 5.23. The molecular formula is C23H14BrN3O. The molecule has 1 aliphatic rings. The molecule has 0 spiro atoms. The van der Waals surface area contributed by atoms with E-state index in [1.165, 1.54) is 0 Å². The van der Waals surface area contributed by atoms with Crippen LogP contribution < -0.4 is 0 Å². The Balaban J connectivity index is 1.78. The summed E-state index contributed by atoms with van der Waals surface area (Å²) in [5.74, 6) is 3.46. The largest absolute Gasteiger partial charge is 0.463 e. The van der Waals surface area contributed by atoms with Crippen molar-refractivity contribution in [2.24, 2.45) is 4.99 Å². The standard InChI is InChI=1S/C23H14BrN3O/c1-2-15-9-10-19-17(12-15)22(16-6-3-4-7-18(16)24)25-13-20-23(26-14-27(19)20)21-8-5-11-28-21/h1,3-12,14H,13H2. The van der Waals surface area contributed by atoms with Crippen molar-refractivity contribution in [1.82, 2.24) is 9.55 Å². The Labute approximate surface area is 170 Å². The molecular weight excluding hydrogens is 414 g/mol. The van der Waals surface area contributed by atoms with E-state index >= 15 is 0 Å². The average molecular weight is 428 g/mol. The minimum atomic E-state index is 0.479. The fourth-order valence-electron chi connectivity index (χ4n) is 3.50. The molecule has 0 aliphatic carbocycles. The number of aliphatic imine (C=N–C) groups is 1. The molecule has 3 heterocycles. The number of imidazole rings is 1. The van der Waals surface area contributed by atoms with Crippen molar-refractivity contribution < 1.29 is 4.42 Å². The number of hydrogen-bond acceptors (Lipinski definition) is 3. The van der Waals surface area contributed by atoms with Crippen molar-refractivity contribution in [3.63, 3.8) is 0 Å². The third-order valence-corrected chi connectivity index (χ3v) is 5.51. The van der Waals surface area contributed by atoms with Crippen molar-refractivity contribution in [3.05, 3.63) is 94.0 Å². The minimum absolute atomic E-state index is 0.479. The molecule has 0 atom stereocenters. The van der Waals surface area contributed by atoms with Crippen molar-refractivity contribution >= 4 is 21.6 Å². The summed E-state index contributed by atoms with van der Waals surface area (Å²) in [5.41, 5.74) is 6.48. The molecule has 2 aromatic carbocycles. The number of aromatic nitrogens is 2. The van der Waals surface area contributed by atoms with E-state index in [0.29, 0.717) is 6.54 Å². The van der Waals surface area contributed by atoms with E-state index in [-0.39, 0.29) is 0 Å². The number of terminal acetylenes is 1. The highest BCUT2D eigenvalue weighted by Crippen LogP contribution is 2.32. The lowest BCUT2D eigenvalue weighted by molar-refractivity contribution is 0.579. The maximum absolute atomic E-state index is 5.67. The van der Waals surface area contributed by atoms with Gasteiger partial charge in [-0.3, -0.25) is 9.56 Å². The molecule has 0 unspecified atom stereocenters. The number of halogens is 1. The highest BCUT2D eigenvalue weighted by atomic mass is 79.9. The highest BCUT2D eigenvalue weighted by Gasteiger charge is 2.24. The van der Waals surface area contributed by atoms with Gasteiger partial charge < -0.3 is 4.42 Å². The van der Waals surface area contributed by atoms with Gasteiger partial charge in [0.25, 0.3) is 0 Å². The van der Waals surface area contributed by atoms with E-state index < -0.39 is 0 Å². The van der Waals surface area contributed by atoms with Crippen LogP contribution in [0.1, 0.15) is 22.4 Å². The van der Waals surface area contributed by atoms with Crippen LogP contribution in [0.2, 0.25) is 0 Å². The van der Waals surface area contributed by atoms with Crippen LogP contribution in [-0.4, -0.2) is 15.3 Å². The van der Waals surface area contributed by atoms with Crippen LogP contribution in [0, 0.1) is 12.3 Å². The maximum Gasteiger partial charge on any atom is 0.154 e. The van der Waals surface area contributed by atoms with Crippen LogP contribution in [0.15, 0.2) is 81.1 Å². The Kier molecular flexibility index (Phi) is 4.00. The number of benzene rings is 2. The zero-order valence-electron chi connectivity index (χ0n) is 14.8. The molecule has 0 saturated carbocycles. The summed E-state index contributed by atoms with van der Waals surface area (Å²) in [7, 11) is 0. The second-order valence-electron chi connectivity index (χ2n) is 6.41. The molecule has 5 heteroatoms. The van der Waals surface area contributed by atoms with Gasteiger partial charge in [-0.1, -0.05) is 40.0 Å². The number of hydrogen-bond donors (Lipinski definition) is 0. The summed E-state index contributed by atoms with van der Waals surface area (Å²) in [6.45, 7) is 0.479. The lowest BCUT2D eigenvalue weighted by atomic mass is 9.98. The second kappa shape index (κ2) is 6.66. The van der Waals surface area contributed by atoms with E-state index in [4.69, 9.17) is 15.8 Å². The summed E-state index contributed by atoms with van der Waals surface area (Å²) in [6, 6.07) is 17.8. The molecule has 0 saturated heterocycles. The molecule has 4 nitrogen and oxygen atoms in total. The predicted molar refractivity (Wildman–Crippen MR) is 113 cm³/mol. The van der Waals surface area contributed by atoms with Crippen LogP contribution in [-0.2, 0) is 6.54 Å². The maximum atomic E-state index is 5.67. The smallest absolute Gasteiger partial charge is 0.154 e. The molecule has 0 radical (unpaired) electrons. The van der Waals surface area contributed by atoms with Gasteiger partial charge in [-0.05, 0) is 36.4 Å². The summed E-state index contributed by atoms with van der Waals surface area (Å²) in [4.78, 5) is 9.56. The second-order valence-corrected chi connectivity index (χ2v) is 7.26. The lowest BCUT2D eigenvalue weighted by Crippen LogP contribution is -2.08. The molecule has 0 bridgehead atoms. The van der Waals surface area contributed by atoms with Crippen LogP contribution in [0.4, 0.5) is 0 Å². The van der Waals surface area contributed by atoms with E-state index in [1.54, 1.807) is 6.26 Å². The van der Waals surface area contributed by atoms with E-state index in [9.17, 15) is 0 Å².